The van der Waals surface area contributed by atoms with Crippen molar-refractivity contribution in [2.45, 2.75) is 27.7 Å². The summed E-state index contributed by atoms with van der Waals surface area (Å²) in [5.41, 5.74) is -0.829. The molecule has 0 aliphatic heterocycles. The highest BCUT2D eigenvalue weighted by atomic mass is 16.6. The summed E-state index contributed by atoms with van der Waals surface area (Å²) in [6.45, 7) is 18.2. The van der Waals surface area contributed by atoms with Crippen LogP contribution in [0.4, 0.5) is 0 Å². The first-order valence-corrected chi connectivity index (χ1v) is 8.62. The maximum Gasteiger partial charge on any atom is 0.333 e. The molecule has 0 rings (SSSR count). The Morgan fingerprint density at radius 2 is 0.700 bits per heavy atom. The van der Waals surface area contributed by atoms with Crippen LogP contribution < -0.4 is 0 Å². The third-order valence-corrected chi connectivity index (χ3v) is 3.43. The van der Waals surface area contributed by atoms with Gasteiger partial charge in [-0.25, -0.2) is 19.2 Å². The van der Waals surface area contributed by atoms with Gasteiger partial charge in [0.15, 0.2) is 0 Å². The van der Waals surface area contributed by atoms with Gasteiger partial charge in [0.2, 0.25) is 0 Å². The summed E-state index contributed by atoms with van der Waals surface area (Å²) in [5.74, 6) is -2.84. The molecule has 0 amide bonds. The van der Waals surface area contributed by atoms with E-state index in [4.69, 9.17) is 18.9 Å². The van der Waals surface area contributed by atoms with Crippen LogP contribution in [-0.4, -0.2) is 55.8 Å². The maximum absolute atomic E-state index is 11.8. The average Bonchev–Trinajstić information content (AvgIpc) is 2.64. The van der Waals surface area contributed by atoms with E-state index in [9.17, 15) is 19.2 Å². The lowest BCUT2D eigenvalue weighted by Gasteiger charge is -2.31. The number of carbonyl (C=O) groups excluding carboxylic acids is 4. The summed E-state index contributed by atoms with van der Waals surface area (Å²) in [6.07, 6.45) is 0. The smallest absolute Gasteiger partial charge is 0.333 e. The second kappa shape index (κ2) is 13.1. The van der Waals surface area contributed by atoms with Crippen molar-refractivity contribution < 1.29 is 43.6 Å². The summed E-state index contributed by atoms with van der Waals surface area (Å²) in [5, 5.41) is 0. The van der Waals surface area contributed by atoms with Crippen molar-refractivity contribution in [3.63, 3.8) is 0 Å². The van der Waals surface area contributed by atoms with Crippen LogP contribution in [0, 0.1) is 5.41 Å². The Morgan fingerprint density at radius 3 is 0.833 bits per heavy atom. The normalized spacial score (nSPS) is 10.0. The summed E-state index contributed by atoms with van der Waals surface area (Å²) in [7, 11) is 0. The zero-order valence-corrected chi connectivity index (χ0v) is 17.9. The summed E-state index contributed by atoms with van der Waals surface area (Å²) in [6, 6.07) is 0. The van der Waals surface area contributed by atoms with Crippen molar-refractivity contribution in [3.05, 3.63) is 48.6 Å². The van der Waals surface area contributed by atoms with Gasteiger partial charge in [0.05, 0.1) is 0 Å². The van der Waals surface area contributed by atoms with E-state index in [2.05, 4.69) is 26.3 Å². The van der Waals surface area contributed by atoms with Gasteiger partial charge in [-0.1, -0.05) is 26.3 Å². The van der Waals surface area contributed by atoms with Gasteiger partial charge in [-0.2, -0.15) is 0 Å². The van der Waals surface area contributed by atoms with E-state index in [0.29, 0.717) is 0 Å². The number of hydrogen-bond donors (Lipinski definition) is 0. The molecule has 0 saturated carbocycles. The van der Waals surface area contributed by atoms with E-state index in [0.717, 1.165) is 0 Å². The van der Waals surface area contributed by atoms with Crippen LogP contribution >= 0.6 is 0 Å². The second-order valence-electron chi connectivity index (χ2n) is 6.93. The van der Waals surface area contributed by atoms with Crippen LogP contribution in [0.3, 0.4) is 0 Å². The summed E-state index contributed by atoms with van der Waals surface area (Å²) >= 11 is 0. The highest BCUT2D eigenvalue weighted by molar-refractivity contribution is 5.88. The number of hydrogen-bond acceptors (Lipinski definition) is 8. The van der Waals surface area contributed by atoms with E-state index < -0.39 is 29.3 Å². The van der Waals surface area contributed by atoms with Gasteiger partial charge < -0.3 is 24.4 Å². The van der Waals surface area contributed by atoms with Gasteiger partial charge in [-0.3, -0.25) is 0 Å². The molecule has 0 aliphatic carbocycles. The molecule has 2 N–H and O–H groups in total. The molecule has 168 valence electrons. The van der Waals surface area contributed by atoms with E-state index in [1.807, 2.05) is 0 Å². The molecule has 0 unspecified atom stereocenters. The lowest BCUT2D eigenvalue weighted by Crippen LogP contribution is -2.44. The van der Waals surface area contributed by atoms with Crippen molar-refractivity contribution in [1.29, 1.82) is 0 Å². The maximum atomic E-state index is 11.8. The Bertz CT molecular complexity index is 605. The monoisotopic (exact) mass is 426 g/mol. The Labute approximate surface area is 176 Å². The number of rotatable bonds is 12. The third-order valence-electron chi connectivity index (χ3n) is 3.43. The van der Waals surface area contributed by atoms with Crippen molar-refractivity contribution >= 4 is 23.9 Å². The van der Waals surface area contributed by atoms with Crippen LogP contribution in [0.1, 0.15) is 27.7 Å². The van der Waals surface area contributed by atoms with Crippen molar-refractivity contribution in [1.82, 2.24) is 0 Å². The Kier molecular flexibility index (Phi) is 12.7. The van der Waals surface area contributed by atoms with Crippen molar-refractivity contribution in [2.24, 2.45) is 5.41 Å². The molecule has 0 fully saturated rings. The summed E-state index contributed by atoms with van der Waals surface area (Å²) < 4.78 is 20.7. The van der Waals surface area contributed by atoms with Crippen molar-refractivity contribution in [2.75, 3.05) is 26.4 Å². The van der Waals surface area contributed by atoms with Gasteiger partial charge >= 0.3 is 23.9 Å². The molecular formula is C21H30O9. The molecule has 0 bridgehead atoms. The lowest BCUT2D eigenvalue weighted by atomic mass is 9.92. The van der Waals surface area contributed by atoms with E-state index in [1.54, 1.807) is 0 Å². The number of esters is 4. The van der Waals surface area contributed by atoms with Gasteiger partial charge in [-0.05, 0) is 27.7 Å². The van der Waals surface area contributed by atoms with Crippen LogP contribution in [0.25, 0.3) is 0 Å². The molecule has 0 aliphatic rings. The fourth-order valence-corrected chi connectivity index (χ4v) is 1.62. The SMILES string of the molecule is C=C(C)C(=O)OCC(COC(=O)C(=C)C)(COC(=O)C(=C)C)COC(=O)C(=C)C.O. The van der Waals surface area contributed by atoms with Crippen LogP contribution in [0.15, 0.2) is 48.6 Å². The molecule has 0 aromatic heterocycles. The molecule has 0 heterocycles. The standard InChI is InChI=1S/C21H28O8.H2O/c1-13(2)17(22)26-9-21(10-27-18(23)14(3)4,11-28-19(24)15(5)6)12-29-20(25)16(7)8;/h1,3,5,7,9-12H2,2,4,6,8H3;1H2. The molecule has 9 nitrogen and oxygen atoms in total. The predicted molar refractivity (Wildman–Crippen MR) is 109 cm³/mol. The fraction of sp³-hybridized carbons (Fsp3) is 0.429. The Balaban J connectivity index is 0. The molecule has 0 radical (unpaired) electrons. The first kappa shape index (κ1) is 29.0. The zero-order valence-electron chi connectivity index (χ0n) is 17.9. The predicted octanol–water partition coefficient (Wildman–Crippen LogP) is 1.63. The Hall–Kier alpha value is -3.20. The second-order valence-corrected chi connectivity index (χ2v) is 6.93. The van der Waals surface area contributed by atoms with Crippen LogP contribution in [0.2, 0.25) is 0 Å². The fourth-order valence-electron chi connectivity index (χ4n) is 1.62. The zero-order chi connectivity index (χ0) is 22.8. The quantitative estimate of drug-likeness (QED) is 0.261. The third kappa shape index (κ3) is 10.4. The largest absolute Gasteiger partial charge is 0.461 e. The number of ether oxygens (including phenoxy) is 4. The molecule has 0 atom stereocenters. The molecule has 9 heteroatoms. The van der Waals surface area contributed by atoms with E-state index in [1.165, 1.54) is 27.7 Å². The minimum atomic E-state index is -1.37. The van der Waals surface area contributed by atoms with E-state index >= 15 is 0 Å². The van der Waals surface area contributed by atoms with Crippen LogP contribution in [0.5, 0.6) is 0 Å². The van der Waals surface area contributed by atoms with Gasteiger partial charge in [-0.15, -0.1) is 0 Å². The summed E-state index contributed by atoms with van der Waals surface area (Å²) in [4.78, 5) is 47.4. The molecule has 0 aromatic carbocycles. The van der Waals surface area contributed by atoms with Crippen molar-refractivity contribution in [3.8, 4) is 0 Å². The molecule has 0 aromatic rings. The first-order chi connectivity index (χ1) is 13.3. The first-order valence-electron chi connectivity index (χ1n) is 8.62. The molecular weight excluding hydrogens is 396 g/mol. The van der Waals surface area contributed by atoms with Gasteiger partial charge in [0.1, 0.15) is 31.8 Å². The topological polar surface area (TPSA) is 137 Å². The van der Waals surface area contributed by atoms with Gasteiger partial charge in [0, 0.05) is 22.3 Å². The average molecular weight is 426 g/mol. The minimum absolute atomic E-state index is 0. The highest BCUT2D eigenvalue weighted by Crippen LogP contribution is 2.23. The molecule has 0 spiro atoms. The Morgan fingerprint density at radius 1 is 0.533 bits per heavy atom. The minimum Gasteiger partial charge on any atom is -0.461 e. The lowest BCUT2D eigenvalue weighted by molar-refractivity contribution is -0.165. The highest BCUT2D eigenvalue weighted by Gasteiger charge is 2.38. The van der Waals surface area contributed by atoms with Crippen LogP contribution in [-0.2, 0) is 38.1 Å². The molecule has 0 saturated heterocycles. The van der Waals surface area contributed by atoms with E-state index in [-0.39, 0.29) is 54.2 Å². The molecule has 30 heavy (non-hydrogen) atoms. The van der Waals surface area contributed by atoms with Gasteiger partial charge in [0.25, 0.3) is 0 Å². The number of carbonyl (C=O) groups is 4.